The fourth-order valence-electron chi connectivity index (χ4n) is 3.21. The zero-order chi connectivity index (χ0) is 18.5. The maximum absolute atomic E-state index is 12.7. The van der Waals surface area contributed by atoms with Gasteiger partial charge < -0.3 is 15.2 Å². The van der Waals surface area contributed by atoms with E-state index in [0.29, 0.717) is 23.9 Å². The molecule has 0 aliphatic carbocycles. The van der Waals surface area contributed by atoms with Crippen LogP contribution < -0.4 is 5.73 Å². The highest BCUT2D eigenvalue weighted by Gasteiger charge is 2.30. The molecule has 0 spiro atoms. The molecule has 9 heteroatoms. The van der Waals surface area contributed by atoms with Crippen molar-refractivity contribution in [3.63, 3.8) is 0 Å². The first-order valence-corrected chi connectivity index (χ1v) is 10.6. The van der Waals surface area contributed by atoms with Crippen LogP contribution in [0.4, 0.5) is 0 Å². The van der Waals surface area contributed by atoms with Crippen molar-refractivity contribution in [2.75, 3.05) is 12.3 Å². The van der Waals surface area contributed by atoms with Gasteiger partial charge >= 0.3 is 0 Å². The van der Waals surface area contributed by atoms with Gasteiger partial charge in [0.2, 0.25) is 11.8 Å². The maximum Gasteiger partial charge on any atom is 0.233 e. The molecule has 2 amide bonds. The van der Waals surface area contributed by atoms with Crippen molar-refractivity contribution < 1.29 is 9.59 Å². The van der Waals surface area contributed by atoms with Crippen LogP contribution in [0.25, 0.3) is 0 Å². The number of likely N-dealkylation sites (tertiary alicyclic amines) is 1. The van der Waals surface area contributed by atoms with E-state index in [1.807, 2.05) is 22.5 Å². The topological polar surface area (TPSA) is 94.1 Å². The van der Waals surface area contributed by atoms with Crippen LogP contribution in [0.5, 0.6) is 0 Å². The number of nitrogens with two attached hydrogens (primary N) is 1. The van der Waals surface area contributed by atoms with Gasteiger partial charge in [-0.1, -0.05) is 17.8 Å². The van der Waals surface area contributed by atoms with Gasteiger partial charge in [-0.3, -0.25) is 9.59 Å². The molecule has 2 N–H and O–H groups in total. The molecule has 1 atom stereocenters. The van der Waals surface area contributed by atoms with E-state index in [-0.39, 0.29) is 24.3 Å². The summed E-state index contributed by atoms with van der Waals surface area (Å²) in [5.74, 6) is 0.860. The van der Waals surface area contributed by atoms with Gasteiger partial charge in [-0.05, 0) is 31.2 Å². The van der Waals surface area contributed by atoms with Gasteiger partial charge in [-0.15, -0.1) is 21.5 Å². The van der Waals surface area contributed by atoms with E-state index in [2.05, 4.69) is 21.6 Å². The highest BCUT2D eigenvalue weighted by atomic mass is 32.2. The van der Waals surface area contributed by atoms with E-state index < -0.39 is 0 Å². The minimum absolute atomic E-state index is 0.134. The summed E-state index contributed by atoms with van der Waals surface area (Å²) in [6, 6.07) is 4.35. The van der Waals surface area contributed by atoms with E-state index in [0.717, 1.165) is 25.2 Å². The fraction of sp³-hybridized carbons (Fsp3) is 0.529. The molecule has 1 unspecified atom stereocenters. The van der Waals surface area contributed by atoms with Gasteiger partial charge in [0.25, 0.3) is 0 Å². The van der Waals surface area contributed by atoms with Crippen LogP contribution in [0.2, 0.25) is 0 Å². The van der Waals surface area contributed by atoms with Gasteiger partial charge in [0, 0.05) is 30.8 Å². The van der Waals surface area contributed by atoms with Crippen molar-refractivity contribution in [2.24, 2.45) is 5.73 Å². The van der Waals surface area contributed by atoms with Crippen LogP contribution in [0.15, 0.2) is 22.7 Å². The van der Waals surface area contributed by atoms with Crippen molar-refractivity contribution in [1.29, 1.82) is 0 Å². The molecule has 2 aromatic rings. The summed E-state index contributed by atoms with van der Waals surface area (Å²) in [5, 5.41) is 11.1. The lowest BCUT2D eigenvalue weighted by Gasteiger charge is -2.23. The lowest BCUT2D eigenvalue weighted by atomic mass is 10.2. The second-order valence-corrected chi connectivity index (χ2v) is 8.08. The zero-order valence-electron chi connectivity index (χ0n) is 14.8. The number of hydrogen-bond acceptors (Lipinski definition) is 6. The molecule has 0 saturated carbocycles. The van der Waals surface area contributed by atoms with Crippen LogP contribution in [0.3, 0.4) is 0 Å². The molecule has 7 nitrogen and oxygen atoms in total. The van der Waals surface area contributed by atoms with Gasteiger partial charge in [0.05, 0.1) is 11.8 Å². The number of carbonyl (C=O) groups excluding carboxylic acids is 2. The summed E-state index contributed by atoms with van der Waals surface area (Å²) < 4.78 is 1.95. The van der Waals surface area contributed by atoms with Gasteiger partial charge in [-0.2, -0.15) is 0 Å². The van der Waals surface area contributed by atoms with E-state index in [1.165, 1.54) is 16.6 Å². The number of hydrogen-bond donors (Lipinski definition) is 1. The van der Waals surface area contributed by atoms with Crippen LogP contribution in [0, 0.1) is 0 Å². The minimum Gasteiger partial charge on any atom is -0.370 e. The molecule has 1 fully saturated rings. The average molecular weight is 394 g/mol. The van der Waals surface area contributed by atoms with E-state index in [4.69, 9.17) is 5.73 Å². The van der Waals surface area contributed by atoms with E-state index in [9.17, 15) is 9.59 Å². The number of rotatable bonds is 8. The molecular weight excluding hydrogens is 370 g/mol. The fourth-order valence-corrected chi connectivity index (χ4v) is 5.00. The number of carbonyl (C=O) groups is 2. The van der Waals surface area contributed by atoms with Crippen molar-refractivity contribution in [3.05, 3.63) is 28.2 Å². The second kappa shape index (κ2) is 8.68. The van der Waals surface area contributed by atoms with Gasteiger partial charge in [0.15, 0.2) is 5.16 Å². The average Bonchev–Trinajstić information content (AvgIpc) is 3.37. The molecule has 1 saturated heterocycles. The molecule has 140 valence electrons. The molecule has 2 aromatic heterocycles. The molecule has 0 bridgehead atoms. The normalized spacial score (nSPS) is 17.0. The minimum atomic E-state index is -0.353. The Morgan fingerprint density at radius 3 is 2.96 bits per heavy atom. The van der Waals surface area contributed by atoms with Crippen LogP contribution >= 0.6 is 23.1 Å². The predicted molar refractivity (Wildman–Crippen MR) is 102 cm³/mol. The summed E-state index contributed by atoms with van der Waals surface area (Å²) in [5.41, 5.74) is 5.21. The zero-order valence-corrected chi connectivity index (χ0v) is 16.4. The van der Waals surface area contributed by atoms with Crippen LogP contribution in [-0.4, -0.2) is 43.8 Å². The Balaban J connectivity index is 1.61. The number of thiophene rings is 1. The Labute approximate surface area is 161 Å². The molecule has 3 rings (SSSR count). The Morgan fingerprint density at radius 1 is 1.42 bits per heavy atom. The lowest BCUT2D eigenvalue weighted by Crippen LogP contribution is -2.31. The summed E-state index contributed by atoms with van der Waals surface area (Å²) in [7, 11) is 0. The molecule has 26 heavy (non-hydrogen) atoms. The number of nitrogens with zero attached hydrogens (tertiary/aromatic N) is 4. The first-order valence-electron chi connectivity index (χ1n) is 8.76. The summed E-state index contributed by atoms with van der Waals surface area (Å²) in [6.07, 6.45) is 2.79. The van der Waals surface area contributed by atoms with Crippen molar-refractivity contribution in [2.45, 2.75) is 50.4 Å². The van der Waals surface area contributed by atoms with Gasteiger partial charge in [0.1, 0.15) is 5.82 Å². The number of aromatic nitrogens is 3. The van der Waals surface area contributed by atoms with Crippen molar-refractivity contribution in [3.8, 4) is 0 Å². The quantitative estimate of drug-likeness (QED) is 0.694. The Kier molecular flexibility index (Phi) is 6.31. The number of primary amides is 1. The molecule has 1 aliphatic rings. The first-order chi connectivity index (χ1) is 12.6. The number of amides is 2. The molecule has 0 aromatic carbocycles. The largest absolute Gasteiger partial charge is 0.370 e. The van der Waals surface area contributed by atoms with Crippen molar-refractivity contribution in [1.82, 2.24) is 19.7 Å². The third-order valence-corrected chi connectivity index (χ3v) is 6.40. The summed E-state index contributed by atoms with van der Waals surface area (Å²) in [6.45, 7) is 3.50. The van der Waals surface area contributed by atoms with Gasteiger partial charge in [-0.25, -0.2) is 0 Å². The molecule has 0 radical (unpaired) electrons. The Bertz CT molecular complexity index is 759. The summed E-state index contributed by atoms with van der Waals surface area (Å²) >= 11 is 3.11. The Morgan fingerprint density at radius 2 is 2.27 bits per heavy atom. The molecule has 3 heterocycles. The van der Waals surface area contributed by atoms with Crippen LogP contribution in [0.1, 0.15) is 42.9 Å². The highest BCUT2D eigenvalue weighted by molar-refractivity contribution is 7.99. The monoisotopic (exact) mass is 393 g/mol. The standard InChI is InChI=1S/C17H23N5O2S2/c1-2-21-15(8-7-14(18)23)19-20-17(21)26-11-16(24)22-9-3-5-12(22)13-6-4-10-25-13/h4,6,10,12H,2-3,5,7-9,11H2,1H3,(H2,18,23). The number of aryl methyl sites for hydroxylation is 1. The Hall–Kier alpha value is -1.87. The number of thioether (sulfide) groups is 1. The van der Waals surface area contributed by atoms with E-state index in [1.54, 1.807) is 11.3 Å². The smallest absolute Gasteiger partial charge is 0.233 e. The predicted octanol–water partition coefficient (Wildman–Crippen LogP) is 2.23. The SMILES string of the molecule is CCn1c(CCC(N)=O)nnc1SCC(=O)N1CCCC1c1cccs1. The van der Waals surface area contributed by atoms with Crippen molar-refractivity contribution >= 4 is 34.9 Å². The molecular formula is C17H23N5O2S2. The third-order valence-electron chi connectivity index (χ3n) is 4.47. The third kappa shape index (κ3) is 4.27. The lowest BCUT2D eigenvalue weighted by molar-refractivity contribution is -0.129. The highest BCUT2D eigenvalue weighted by Crippen LogP contribution is 2.35. The first kappa shape index (κ1) is 18.9. The second-order valence-electron chi connectivity index (χ2n) is 6.16. The maximum atomic E-state index is 12.7. The van der Waals surface area contributed by atoms with E-state index >= 15 is 0 Å². The summed E-state index contributed by atoms with van der Waals surface area (Å²) in [4.78, 5) is 27.0. The molecule has 1 aliphatic heterocycles. The van der Waals surface area contributed by atoms with Crippen LogP contribution in [-0.2, 0) is 22.6 Å².